The van der Waals surface area contributed by atoms with E-state index in [9.17, 15) is 0 Å². The Balaban J connectivity index is 2.45. The van der Waals surface area contributed by atoms with Crippen LogP contribution in [-0.2, 0) is 6.54 Å². The molecule has 0 aromatic carbocycles. The second-order valence-electron chi connectivity index (χ2n) is 5.40. The zero-order chi connectivity index (χ0) is 13.6. The zero-order valence-electron chi connectivity index (χ0n) is 12.4. The number of hydrogen-bond donors (Lipinski definition) is 1. The van der Waals surface area contributed by atoms with Gasteiger partial charge in [-0.2, -0.15) is 0 Å². The molecule has 3 nitrogen and oxygen atoms in total. The molecule has 0 spiro atoms. The minimum Gasteiger partial charge on any atom is -0.349 e. The molecule has 0 saturated carbocycles. The number of nitrogens with zero attached hydrogens (tertiary/aromatic N) is 2. The van der Waals surface area contributed by atoms with Gasteiger partial charge in [-0.25, -0.2) is 4.98 Å². The molecule has 1 N–H and O–H groups in total. The Bertz CT molecular complexity index is 343. The molecule has 0 atom stereocenters. The lowest BCUT2D eigenvalue weighted by Crippen LogP contribution is -2.28. The second-order valence-corrected chi connectivity index (χ2v) is 6.50. The summed E-state index contributed by atoms with van der Waals surface area (Å²) in [6, 6.07) is 0. The Morgan fingerprint density at radius 2 is 1.94 bits per heavy atom. The fourth-order valence-corrected chi connectivity index (χ4v) is 2.68. The van der Waals surface area contributed by atoms with Crippen molar-refractivity contribution in [3.63, 3.8) is 0 Å². The average Bonchev–Trinajstić information content (AvgIpc) is 2.79. The molecule has 1 rings (SSSR count). The van der Waals surface area contributed by atoms with Gasteiger partial charge >= 0.3 is 0 Å². The van der Waals surface area contributed by atoms with Gasteiger partial charge in [-0.3, -0.25) is 0 Å². The Hall–Kier alpha value is -0.610. The molecule has 0 aliphatic heterocycles. The number of thiazole rings is 1. The molecule has 0 unspecified atom stereocenters. The fourth-order valence-electron chi connectivity index (χ4n) is 1.67. The monoisotopic (exact) mass is 269 g/mol. The lowest BCUT2D eigenvalue weighted by atomic mass is 9.90. The molecule has 4 heteroatoms. The van der Waals surface area contributed by atoms with E-state index in [2.05, 4.69) is 49.8 Å². The topological polar surface area (TPSA) is 28.2 Å². The Morgan fingerprint density at radius 1 is 1.28 bits per heavy atom. The molecule has 0 amide bonds. The van der Waals surface area contributed by atoms with Crippen molar-refractivity contribution in [2.45, 2.75) is 47.6 Å². The summed E-state index contributed by atoms with van der Waals surface area (Å²) in [5.41, 5.74) is 0.381. The van der Waals surface area contributed by atoms with E-state index in [1.807, 2.05) is 6.20 Å². The van der Waals surface area contributed by atoms with E-state index >= 15 is 0 Å². The van der Waals surface area contributed by atoms with Crippen LogP contribution in [0, 0.1) is 5.41 Å². The number of aromatic nitrogens is 1. The maximum absolute atomic E-state index is 4.50. The molecule has 0 aliphatic carbocycles. The molecule has 1 aromatic heterocycles. The average molecular weight is 269 g/mol. The van der Waals surface area contributed by atoms with Crippen molar-refractivity contribution < 1.29 is 0 Å². The molecule has 18 heavy (non-hydrogen) atoms. The highest BCUT2D eigenvalue weighted by atomic mass is 32.1. The van der Waals surface area contributed by atoms with Crippen LogP contribution in [-0.4, -0.2) is 24.6 Å². The molecule has 0 saturated heterocycles. The first kappa shape index (κ1) is 15.4. The molecule has 0 fully saturated rings. The lowest BCUT2D eigenvalue weighted by Gasteiger charge is -2.22. The van der Waals surface area contributed by atoms with E-state index in [0.717, 1.165) is 31.3 Å². The van der Waals surface area contributed by atoms with Crippen molar-refractivity contribution in [3.05, 3.63) is 11.1 Å². The summed E-state index contributed by atoms with van der Waals surface area (Å²) in [5, 5.41) is 4.68. The van der Waals surface area contributed by atoms with Gasteiger partial charge in [0.1, 0.15) is 0 Å². The number of anilines is 1. The maximum atomic E-state index is 4.50. The first-order chi connectivity index (χ1) is 8.52. The number of hydrogen-bond acceptors (Lipinski definition) is 4. The van der Waals surface area contributed by atoms with Crippen molar-refractivity contribution in [2.75, 3.05) is 24.5 Å². The van der Waals surface area contributed by atoms with Gasteiger partial charge in [0.15, 0.2) is 5.13 Å². The summed E-state index contributed by atoms with van der Waals surface area (Å²) in [6.07, 6.45) is 3.21. The van der Waals surface area contributed by atoms with Crippen molar-refractivity contribution in [1.82, 2.24) is 10.3 Å². The van der Waals surface area contributed by atoms with Gasteiger partial charge in [-0.15, -0.1) is 11.3 Å². The predicted octanol–water partition coefficient (Wildman–Crippen LogP) is 3.52. The van der Waals surface area contributed by atoms with Gasteiger partial charge in [0.05, 0.1) is 0 Å². The number of nitrogens with one attached hydrogen (secondary N) is 1. The van der Waals surface area contributed by atoms with Crippen LogP contribution in [0.15, 0.2) is 6.20 Å². The Labute approximate surface area is 116 Å². The van der Waals surface area contributed by atoms with Crippen molar-refractivity contribution in [3.8, 4) is 0 Å². The van der Waals surface area contributed by atoms with Crippen LogP contribution < -0.4 is 10.2 Å². The largest absolute Gasteiger partial charge is 0.349 e. The van der Waals surface area contributed by atoms with E-state index in [4.69, 9.17) is 0 Å². The molecule has 0 bridgehead atoms. The summed E-state index contributed by atoms with van der Waals surface area (Å²) in [7, 11) is 0. The third-order valence-electron chi connectivity index (χ3n) is 3.44. The molecule has 1 heterocycles. The van der Waals surface area contributed by atoms with Gasteiger partial charge in [0, 0.05) is 37.3 Å². The minimum atomic E-state index is 0.381. The predicted molar refractivity (Wildman–Crippen MR) is 81.5 cm³/mol. The zero-order valence-corrected chi connectivity index (χ0v) is 13.2. The summed E-state index contributed by atoms with van der Waals surface area (Å²) < 4.78 is 0. The highest BCUT2D eigenvalue weighted by Gasteiger charge is 2.14. The van der Waals surface area contributed by atoms with Crippen LogP contribution in [0.3, 0.4) is 0 Å². The van der Waals surface area contributed by atoms with Gasteiger partial charge in [0.25, 0.3) is 0 Å². The molecular formula is C14H27N3S. The van der Waals surface area contributed by atoms with Crippen LogP contribution in [0.1, 0.15) is 45.9 Å². The molecule has 104 valence electrons. The van der Waals surface area contributed by atoms with E-state index in [1.54, 1.807) is 11.3 Å². The SMILES string of the molecule is CCN(CC)c1ncc(CNCC(C)(C)CC)s1. The summed E-state index contributed by atoms with van der Waals surface area (Å²) in [4.78, 5) is 8.12. The fraction of sp³-hybridized carbons (Fsp3) is 0.786. The van der Waals surface area contributed by atoms with Crippen LogP contribution in [0.4, 0.5) is 5.13 Å². The van der Waals surface area contributed by atoms with E-state index in [0.29, 0.717) is 5.41 Å². The molecule has 0 aliphatic rings. The molecule has 1 aromatic rings. The van der Waals surface area contributed by atoms with Crippen molar-refractivity contribution in [1.29, 1.82) is 0 Å². The standard InChI is InChI=1S/C14H27N3S/c1-6-14(4,5)11-15-9-12-10-16-13(18-12)17(7-2)8-3/h10,15H,6-9,11H2,1-5H3. The second kappa shape index (κ2) is 7.10. The third kappa shape index (κ3) is 4.58. The molecule has 0 radical (unpaired) electrons. The van der Waals surface area contributed by atoms with Crippen molar-refractivity contribution >= 4 is 16.5 Å². The van der Waals surface area contributed by atoms with E-state index in [-0.39, 0.29) is 0 Å². The van der Waals surface area contributed by atoms with Crippen LogP contribution in [0.5, 0.6) is 0 Å². The quantitative estimate of drug-likeness (QED) is 0.782. The number of rotatable bonds is 8. The lowest BCUT2D eigenvalue weighted by molar-refractivity contribution is 0.328. The summed E-state index contributed by atoms with van der Waals surface area (Å²) in [5.74, 6) is 0. The van der Waals surface area contributed by atoms with E-state index < -0.39 is 0 Å². The first-order valence-corrected chi connectivity index (χ1v) is 7.74. The highest BCUT2D eigenvalue weighted by molar-refractivity contribution is 7.15. The van der Waals surface area contributed by atoms with Gasteiger partial charge in [-0.1, -0.05) is 20.8 Å². The van der Waals surface area contributed by atoms with Crippen LogP contribution in [0.25, 0.3) is 0 Å². The third-order valence-corrected chi connectivity index (χ3v) is 4.49. The molecular weight excluding hydrogens is 242 g/mol. The van der Waals surface area contributed by atoms with Gasteiger partial charge in [0.2, 0.25) is 0 Å². The Morgan fingerprint density at radius 3 is 2.50 bits per heavy atom. The highest BCUT2D eigenvalue weighted by Crippen LogP contribution is 2.23. The minimum absolute atomic E-state index is 0.381. The maximum Gasteiger partial charge on any atom is 0.185 e. The normalized spacial score (nSPS) is 11.8. The van der Waals surface area contributed by atoms with Crippen LogP contribution in [0.2, 0.25) is 0 Å². The van der Waals surface area contributed by atoms with Gasteiger partial charge in [-0.05, 0) is 25.7 Å². The smallest absolute Gasteiger partial charge is 0.185 e. The van der Waals surface area contributed by atoms with Crippen LogP contribution >= 0.6 is 11.3 Å². The summed E-state index contributed by atoms with van der Waals surface area (Å²) in [6.45, 7) is 15.2. The van der Waals surface area contributed by atoms with E-state index in [1.165, 1.54) is 11.3 Å². The first-order valence-electron chi connectivity index (χ1n) is 6.92. The van der Waals surface area contributed by atoms with Crippen molar-refractivity contribution in [2.24, 2.45) is 5.41 Å². The van der Waals surface area contributed by atoms with Gasteiger partial charge < -0.3 is 10.2 Å². The summed E-state index contributed by atoms with van der Waals surface area (Å²) >= 11 is 1.80. The Kier molecular flexibility index (Phi) is 6.09.